The molecule has 0 spiro atoms. The number of benzene rings is 2. The van der Waals surface area contributed by atoms with Gasteiger partial charge < -0.3 is 15.3 Å². The van der Waals surface area contributed by atoms with E-state index in [1.54, 1.807) is 4.90 Å². The van der Waals surface area contributed by atoms with E-state index < -0.39 is 24.5 Å². The van der Waals surface area contributed by atoms with Crippen molar-refractivity contribution in [1.82, 2.24) is 10.2 Å². The van der Waals surface area contributed by atoms with E-state index in [1.807, 2.05) is 19.1 Å². The summed E-state index contributed by atoms with van der Waals surface area (Å²) in [4.78, 5) is 37.5. The predicted molar refractivity (Wildman–Crippen MR) is 104 cm³/mol. The van der Waals surface area contributed by atoms with Gasteiger partial charge in [-0.2, -0.15) is 0 Å². The van der Waals surface area contributed by atoms with Gasteiger partial charge in [0.25, 0.3) is 0 Å². The van der Waals surface area contributed by atoms with Gasteiger partial charge in [-0.15, -0.1) is 0 Å². The summed E-state index contributed by atoms with van der Waals surface area (Å²) in [6.45, 7) is 1.61. The van der Waals surface area contributed by atoms with Gasteiger partial charge in [0.1, 0.15) is 12.6 Å². The van der Waals surface area contributed by atoms with Crippen LogP contribution in [0.3, 0.4) is 0 Å². The van der Waals surface area contributed by atoms with Crippen molar-refractivity contribution in [2.24, 2.45) is 0 Å². The van der Waals surface area contributed by atoms with Gasteiger partial charge in [0.05, 0.1) is 6.04 Å². The van der Waals surface area contributed by atoms with Crippen LogP contribution in [-0.2, 0) is 20.8 Å². The Hall–Kier alpha value is -3.15. The zero-order valence-electron chi connectivity index (χ0n) is 15.6. The first-order valence-corrected chi connectivity index (χ1v) is 9.44. The molecular formula is C22H22N2O4. The standard InChI is InChI=1S/C22H22N2O4/c1-13-2-4-14(5-3-13)15-6-7-16-11-19(22(28)23-12-21(26)27)24-18(17(16)10-15)8-9-20(24)25/h2-7,10,18-19H,8-9,11-12H2,1H3,(H,23,28)(H,26,27)/t18-,19+/m1/s1. The molecule has 2 atom stereocenters. The molecule has 0 radical (unpaired) electrons. The average molecular weight is 378 g/mol. The number of amides is 2. The summed E-state index contributed by atoms with van der Waals surface area (Å²) in [6.07, 6.45) is 1.48. The third-order valence-corrected chi connectivity index (χ3v) is 5.61. The highest BCUT2D eigenvalue weighted by Crippen LogP contribution is 2.42. The zero-order chi connectivity index (χ0) is 19.8. The maximum absolute atomic E-state index is 12.6. The van der Waals surface area contributed by atoms with Gasteiger partial charge in [-0.3, -0.25) is 14.4 Å². The monoisotopic (exact) mass is 378 g/mol. The number of carbonyl (C=O) groups is 3. The van der Waals surface area contributed by atoms with Gasteiger partial charge in [-0.1, -0.05) is 42.0 Å². The molecule has 144 valence electrons. The Balaban J connectivity index is 1.67. The van der Waals surface area contributed by atoms with Crippen molar-refractivity contribution < 1.29 is 19.5 Å². The lowest BCUT2D eigenvalue weighted by Crippen LogP contribution is -2.52. The van der Waals surface area contributed by atoms with Crippen LogP contribution in [-0.4, -0.2) is 40.4 Å². The minimum Gasteiger partial charge on any atom is -0.480 e. The van der Waals surface area contributed by atoms with E-state index in [-0.39, 0.29) is 11.9 Å². The maximum Gasteiger partial charge on any atom is 0.322 e. The average Bonchev–Trinajstić information content (AvgIpc) is 3.08. The number of rotatable bonds is 4. The molecule has 6 nitrogen and oxygen atoms in total. The Bertz CT molecular complexity index is 952. The van der Waals surface area contributed by atoms with E-state index in [0.717, 1.165) is 22.3 Å². The van der Waals surface area contributed by atoms with Gasteiger partial charge in [0.2, 0.25) is 11.8 Å². The molecule has 0 unspecified atom stereocenters. The summed E-state index contributed by atoms with van der Waals surface area (Å²) in [5, 5.41) is 11.2. The molecule has 1 fully saturated rings. The third kappa shape index (κ3) is 3.26. The summed E-state index contributed by atoms with van der Waals surface area (Å²) in [7, 11) is 0. The van der Waals surface area contributed by atoms with Gasteiger partial charge in [0, 0.05) is 12.8 Å². The highest BCUT2D eigenvalue weighted by Gasteiger charge is 2.44. The largest absolute Gasteiger partial charge is 0.480 e. The van der Waals surface area contributed by atoms with Crippen molar-refractivity contribution in [3.8, 4) is 11.1 Å². The molecule has 4 rings (SSSR count). The minimum atomic E-state index is -1.10. The first-order valence-electron chi connectivity index (χ1n) is 9.44. The first-order chi connectivity index (χ1) is 13.4. The fourth-order valence-corrected chi connectivity index (χ4v) is 4.22. The number of aliphatic carboxylic acids is 1. The van der Waals surface area contributed by atoms with Gasteiger partial charge in [0.15, 0.2) is 0 Å². The second kappa shape index (κ2) is 7.11. The van der Waals surface area contributed by atoms with Crippen molar-refractivity contribution >= 4 is 17.8 Å². The summed E-state index contributed by atoms with van der Waals surface area (Å²) < 4.78 is 0. The van der Waals surface area contributed by atoms with Crippen LogP contribution in [0.15, 0.2) is 42.5 Å². The fraction of sp³-hybridized carbons (Fsp3) is 0.318. The summed E-state index contributed by atoms with van der Waals surface area (Å²) in [6, 6.07) is 13.7. The third-order valence-electron chi connectivity index (χ3n) is 5.61. The number of carboxylic acids is 1. The molecule has 2 amide bonds. The molecule has 0 aliphatic carbocycles. The number of aryl methyl sites for hydroxylation is 1. The number of carboxylic acid groups (broad SMARTS) is 1. The maximum atomic E-state index is 12.6. The lowest BCUT2D eigenvalue weighted by Gasteiger charge is -2.38. The second-order valence-corrected chi connectivity index (χ2v) is 7.47. The van der Waals surface area contributed by atoms with Crippen LogP contribution >= 0.6 is 0 Å². The second-order valence-electron chi connectivity index (χ2n) is 7.47. The smallest absolute Gasteiger partial charge is 0.322 e. The Morgan fingerprint density at radius 3 is 2.57 bits per heavy atom. The number of hydrogen-bond acceptors (Lipinski definition) is 3. The van der Waals surface area contributed by atoms with Crippen LogP contribution in [0, 0.1) is 6.92 Å². The minimum absolute atomic E-state index is 0.0492. The number of fused-ring (bicyclic) bond motifs is 3. The van der Waals surface area contributed by atoms with Gasteiger partial charge >= 0.3 is 5.97 Å². The van der Waals surface area contributed by atoms with E-state index >= 15 is 0 Å². The van der Waals surface area contributed by atoms with E-state index in [2.05, 4.69) is 35.6 Å². The quantitative estimate of drug-likeness (QED) is 0.856. The summed E-state index contributed by atoms with van der Waals surface area (Å²) in [5.41, 5.74) is 5.54. The normalized spacial score (nSPS) is 20.5. The molecule has 2 aromatic carbocycles. The lowest BCUT2D eigenvalue weighted by atomic mass is 9.86. The van der Waals surface area contributed by atoms with Crippen LogP contribution in [0.25, 0.3) is 11.1 Å². The van der Waals surface area contributed by atoms with Crippen LogP contribution in [0.2, 0.25) is 0 Å². The Morgan fingerprint density at radius 1 is 1.14 bits per heavy atom. The predicted octanol–water partition coefficient (Wildman–Crippen LogP) is 2.45. The van der Waals surface area contributed by atoms with Crippen molar-refractivity contribution in [3.05, 3.63) is 59.2 Å². The molecule has 2 N–H and O–H groups in total. The molecule has 0 aromatic heterocycles. The van der Waals surface area contributed by atoms with E-state index in [4.69, 9.17) is 5.11 Å². The molecule has 2 aliphatic heterocycles. The molecule has 28 heavy (non-hydrogen) atoms. The molecule has 2 aromatic rings. The SMILES string of the molecule is Cc1ccc(-c2ccc3c(c2)[C@H]2CCC(=O)N2[C@H](C(=O)NCC(=O)O)C3)cc1. The van der Waals surface area contributed by atoms with Gasteiger partial charge in [-0.05, 0) is 41.7 Å². The van der Waals surface area contributed by atoms with E-state index in [9.17, 15) is 14.4 Å². The zero-order valence-corrected chi connectivity index (χ0v) is 15.6. The fourth-order valence-electron chi connectivity index (χ4n) is 4.22. The van der Waals surface area contributed by atoms with Crippen molar-refractivity contribution in [2.45, 2.75) is 38.3 Å². The molecule has 0 bridgehead atoms. The van der Waals surface area contributed by atoms with E-state index in [0.29, 0.717) is 19.3 Å². The number of nitrogens with zero attached hydrogens (tertiary/aromatic N) is 1. The molecule has 0 saturated carbocycles. The van der Waals surface area contributed by atoms with Crippen molar-refractivity contribution in [3.63, 3.8) is 0 Å². The Kier molecular flexibility index (Phi) is 4.63. The van der Waals surface area contributed by atoms with Crippen molar-refractivity contribution in [1.29, 1.82) is 0 Å². The van der Waals surface area contributed by atoms with Crippen LogP contribution in [0.5, 0.6) is 0 Å². The topological polar surface area (TPSA) is 86.7 Å². The molecule has 2 heterocycles. The molecule has 1 saturated heterocycles. The van der Waals surface area contributed by atoms with Crippen LogP contribution in [0.4, 0.5) is 0 Å². The molecular weight excluding hydrogens is 356 g/mol. The van der Waals surface area contributed by atoms with Crippen LogP contribution < -0.4 is 5.32 Å². The summed E-state index contributed by atoms with van der Waals surface area (Å²) in [5.74, 6) is -1.56. The van der Waals surface area contributed by atoms with Crippen molar-refractivity contribution in [2.75, 3.05) is 6.54 Å². The van der Waals surface area contributed by atoms with Crippen LogP contribution in [0.1, 0.15) is 35.6 Å². The Morgan fingerprint density at radius 2 is 1.86 bits per heavy atom. The first kappa shape index (κ1) is 18.2. The number of carbonyl (C=O) groups excluding carboxylic acids is 2. The van der Waals surface area contributed by atoms with E-state index in [1.165, 1.54) is 5.56 Å². The highest BCUT2D eigenvalue weighted by molar-refractivity contribution is 5.91. The number of nitrogens with one attached hydrogen (secondary N) is 1. The summed E-state index contributed by atoms with van der Waals surface area (Å²) >= 11 is 0. The number of hydrogen-bond donors (Lipinski definition) is 2. The Labute approximate surface area is 163 Å². The van der Waals surface area contributed by atoms with Gasteiger partial charge in [-0.25, -0.2) is 0 Å². The molecule has 2 aliphatic rings. The molecule has 6 heteroatoms. The lowest BCUT2D eigenvalue weighted by molar-refractivity contribution is -0.142. The highest BCUT2D eigenvalue weighted by atomic mass is 16.4.